The maximum absolute atomic E-state index is 12.6. The third kappa shape index (κ3) is 2.89. The number of fused-ring (bicyclic) bond motifs is 4. The molecule has 2 N–H and O–H groups in total. The zero-order chi connectivity index (χ0) is 21.7. The van der Waals surface area contributed by atoms with E-state index in [-0.39, 0.29) is 17.0 Å². The van der Waals surface area contributed by atoms with Crippen molar-refractivity contribution in [1.29, 1.82) is 0 Å². The number of hydrogen-bond acceptors (Lipinski definition) is 6. The lowest BCUT2D eigenvalue weighted by Gasteiger charge is -2.45. The highest BCUT2D eigenvalue weighted by atomic mass is 32.2. The van der Waals surface area contributed by atoms with Gasteiger partial charge in [0.15, 0.2) is 0 Å². The van der Waals surface area contributed by atoms with Crippen molar-refractivity contribution in [3.05, 3.63) is 100 Å². The van der Waals surface area contributed by atoms with Crippen molar-refractivity contribution in [2.45, 2.75) is 18.3 Å². The quantitative estimate of drug-likeness (QED) is 0.580. The van der Waals surface area contributed by atoms with Crippen LogP contribution < -0.4 is 10.1 Å². The zero-order valence-corrected chi connectivity index (χ0v) is 17.8. The largest absolute Gasteiger partial charge is 0.507 e. The van der Waals surface area contributed by atoms with Gasteiger partial charge in [0.2, 0.25) is 0 Å². The Labute approximate surface area is 189 Å². The summed E-state index contributed by atoms with van der Waals surface area (Å²) in [5, 5.41) is 19.9. The number of thioether (sulfide) groups is 1. The minimum absolute atomic E-state index is 0.0954. The number of phenolic OH excluding ortho intramolecular Hbond substituents is 1. The van der Waals surface area contributed by atoms with Crippen molar-refractivity contribution in [3.63, 3.8) is 0 Å². The minimum Gasteiger partial charge on any atom is -0.507 e. The Bertz CT molecular complexity index is 1290. The fraction of sp³-hybridized carbons (Fsp3) is 0.120. The summed E-state index contributed by atoms with van der Waals surface area (Å²) in [5.41, 5.74) is 3.61. The molecule has 1 fully saturated rings. The molecule has 3 aromatic rings. The number of nitrogens with one attached hydrogen (secondary N) is 1. The molecule has 0 aliphatic carbocycles. The highest BCUT2D eigenvalue weighted by Crippen LogP contribution is 2.52. The molecule has 6 nitrogen and oxygen atoms in total. The molecule has 2 unspecified atom stereocenters. The van der Waals surface area contributed by atoms with Crippen LogP contribution in [0.25, 0.3) is 6.08 Å². The van der Waals surface area contributed by atoms with E-state index in [9.17, 15) is 9.90 Å². The van der Waals surface area contributed by atoms with Crippen LogP contribution in [-0.4, -0.2) is 26.9 Å². The van der Waals surface area contributed by atoms with E-state index in [1.807, 2.05) is 65.7 Å². The van der Waals surface area contributed by atoms with Gasteiger partial charge in [-0.3, -0.25) is 10.1 Å². The number of carbonyl (C=O) groups excluding carboxylic acids is 1. The van der Waals surface area contributed by atoms with Crippen LogP contribution in [0.3, 0.4) is 0 Å². The first-order valence-corrected chi connectivity index (χ1v) is 11.2. The highest BCUT2D eigenvalue weighted by Gasteiger charge is 2.58. The molecule has 0 saturated carbocycles. The van der Waals surface area contributed by atoms with Crippen molar-refractivity contribution < 1.29 is 14.6 Å². The number of nitrogens with zero attached hydrogens (tertiary/aromatic N) is 2. The first-order chi connectivity index (χ1) is 15.6. The van der Waals surface area contributed by atoms with Crippen LogP contribution >= 0.6 is 11.8 Å². The van der Waals surface area contributed by atoms with Gasteiger partial charge in [0.05, 0.1) is 16.7 Å². The average molecular weight is 442 g/mol. The van der Waals surface area contributed by atoms with Gasteiger partial charge in [0.25, 0.3) is 5.24 Å². The molecule has 3 aromatic carbocycles. The Morgan fingerprint density at radius 1 is 1.06 bits per heavy atom. The van der Waals surface area contributed by atoms with E-state index in [0.717, 1.165) is 28.6 Å². The van der Waals surface area contributed by atoms with Crippen LogP contribution in [-0.2, 0) is 0 Å². The monoisotopic (exact) mass is 441 g/mol. The van der Waals surface area contributed by atoms with Crippen molar-refractivity contribution in [2.24, 2.45) is 5.10 Å². The van der Waals surface area contributed by atoms with Crippen molar-refractivity contribution in [1.82, 2.24) is 10.3 Å². The molecule has 2 atom stereocenters. The third-order valence-corrected chi connectivity index (χ3v) is 6.81. The highest BCUT2D eigenvalue weighted by molar-refractivity contribution is 8.17. The molecule has 1 saturated heterocycles. The molecule has 1 spiro atoms. The number of hydrogen-bond donors (Lipinski definition) is 2. The Morgan fingerprint density at radius 2 is 1.81 bits per heavy atom. The van der Waals surface area contributed by atoms with Crippen LogP contribution in [0.1, 0.15) is 29.2 Å². The van der Waals surface area contributed by atoms with Gasteiger partial charge >= 0.3 is 5.85 Å². The Hall–Kier alpha value is -3.71. The van der Waals surface area contributed by atoms with E-state index in [0.29, 0.717) is 22.6 Å². The van der Waals surface area contributed by atoms with Gasteiger partial charge in [-0.25, -0.2) is 5.01 Å². The molecular formula is C25H19N3O3S. The van der Waals surface area contributed by atoms with Crippen molar-refractivity contribution in [2.75, 3.05) is 0 Å². The van der Waals surface area contributed by atoms with Gasteiger partial charge in [-0.2, -0.15) is 5.10 Å². The standard InChI is InChI=1S/C25H19N3O3S/c29-21-12-6-4-10-17(21)14-23-25(26-24(30)32-23)28-20(18-11-5-7-13-22(18)31-25)15-19(27-28)16-8-2-1-3-9-16/h1-14,20,29H,15H2,(H,26,30)/b23-14-. The fourth-order valence-electron chi connectivity index (χ4n) is 4.42. The van der Waals surface area contributed by atoms with E-state index < -0.39 is 5.85 Å². The summed E-state index contributed by atoms with van der Waals surface area (Å²) in [7, 11) is 0. The average Bonchev–Trinajstić information content (AvgIpc) is 3.39. The lowest BCUT2D eigenvalue weighted by atomic mass is 9.95. The SMILES string of the molecule is O=C1NC2(Oc3ccccc3C3CC(c4ccccc4)=NN32)/C(=C/c2ccccc2O)S1. The number of carbonyl (C=O) groups is 1. The molecule has 3 heterocycles. The molecule has 3 aliphatic heterocycles. The molecule has 7 heteroatoms. The molecule has 6 rings (SSSR count). The van der Waals surface area contributed by atoms with E-state index in [2.05, 4.69) is 5.32 Å². The van der Waals surface area contributed by atoms with Gasteiger partial charge in [0, 0.05) is 17.5 Å². The molecule has 32 heavy (non-hydrogen) atoms. The smallest absolute Gasteiger partial charge is 0.314 e. The second kappa shape index (κ2) is 7.17. The van der Waals surface area contributed by atoms with Gasteiger partial charge in [0.1, 0.15) is 11.5 Å². The van der Waals surface area contributed by atoms with Crippen LogP contribution in [0.15, 0.2) is 88.9 Å². The van der Waals surface area contributed by atoms with Gasteiger partial charge in [-0.15, -0.1) is 0 Å². The molecule has 158 valence electrons. The van der Waals surface area contributed by atoms with Crippen molar-refractivity contribution >= 4 is 28.8 Å². The molecule has 3 aliphatic rings. The number of ether oxygens (including phenoxy) is 1. The summed E-state index contributed by atoms with van der Waals surface area (Å²) >= 11 is 1.06. The predicted molar refractivity (Wildman–Crippen MR) is 124 cm³/mol. The molecule has 0 radical (unpaired) electrons. The van der Waals surface area contributed by atoms with Crippen LogP contribution in [0.4, 0.5) is 4.79 Å². The number of rotatable bonds is 2. The van der Waals surface area contributed by atoms with E-state index in [1.54, 1.807) is 24.3 Å². The number of aromatic hydroxyl groups is 1. The molecule has 0 bridgehead atoms. The maximum atomic E-state index is 12.6. The Balaban J connectivity index is 1.53. The summed E-state index contributed by atoms with van der Waals surface area (Å²) in [5.74, 6) is -0.429. The Morgan fingerprint density at radius 3 is 2.66 bits per heavy atom. The predicted octanol–water partition coefficient (Wildman–Crippen LogP) is 5.09. The second-order valence-corrected chi connectivity index (χ2v) is 8.86. The van der Waals surface area contributed by atoms with Crippen LogP contribution in [0, 0.1) is 0 Å². The molecule has 0 aromatic heterocycles. The Kier molecular flexibility index (Phi) is 4.26. The summed E-state index contributed by atoms with van der Waals surface area (Å²) < 4.78 is 6.49. The van der Waals surface area contributed by atoms with Crippen LogP contribution in [0.5, 0.6) is 11.5 Å². The fourth-order valence-corrected chi connectivity index (χ4v) is 5.32. The first-order valence-electron chi connectivity index (χ1n) is 10.3. The van der Waals surface area contributed by atoms with Gasteiger partial charge < -0.3 is 9.84 Å². The van der Waals surface area contributed by atoms with Gasteiger partial charge in [-0.05, 0) is 35.5 Å². The number of phenols is 1. The van der Waals surface area contributed by atoms with Crippen molar-refractivity contribution in [3.8, 4) is 11.5 Å². The second-order valence-electron chi connectivity index (χ2n) is 7.84. The number of benzene rings is 3. The van der Waals surface area contributed by atoms with E-state index in [1.165, 1.54) is 0 Å². The third-order valence-electron chi connectivity index (χ3n) is 5.91. The molecular weight excluding hydrogens is 422 g/mol. The summed E-state index contributed by atoms with van der Waals surface area (Å²) in [6.07, 6.45) is 2.48. The summed E-state index contributed by atoms with van der Waals surface area (Å²) in [6, 6.07) is 24.8. The zero-order valence-electron chi connectivity index (χ0n) is 16.9. The maximum Gasteiger partial charge on any atom is 0.314 e. The van der Waals surface area contributed by atoms with Crippen LogP contribution in [0.2, 0.25) is 0 Å². The first kappa shape index (κ1) is 19.0. The summed E-state index contributed by atoms with van der Waals surface area (Å²) in [4.78, 5) is 13.3. The summed E-state index contributed by atoms with van der Waals surface area (Å²) in [6.45, 7) is 0. The normalized spacial score (nSPS) is 24.7. The number of amides is 1. The lowest BCUT2D eigenvalue weighted by Crippen LogP contribution is -2.61. The molecule has 1 amide bonds. The van der Waals surface area contributed by atoms with E-state index >= 15 is 0 Å². The number of para-hydroxylation sites is 2. The van der Waals surface area contributed by atoms with Gasteiger partial charge in [-0.1, -0.05) is 66.7 Å². The lowest BCUT2D eigenvalue weighted by molar-refractivity contribution is -0.0949. The van der Waals surface area contributed by atoms with E-state index in [4.69, 9.17) is 9.84 Å². The minimum atomic E-state index is -1.28. The number of hydrazone groups is 1. The topological polar surface area (TPSA) is 74.2 Å².